The highest BCUT2D eigenvalue weighted by Gasteiger charge is 2.24. The second kappa shape index (κ2) is 8.43. The highest BCUT2D eigenvalue weighted by molar-refractivity contribution is 6.25. The van der Waals surface area contributed by atoms with Crippen LogP contribution in [0.3, 0.4) is 0 Å². The van der Waals surface area contributed by atoms with Crippen LogP contribution in [0.1, 0.15) is 21.7 Å². The summed E-state index contributed by atoms with van der Waals surface area (Å²) >= 11 is 0. The molecule has 10 heteroatoms. The van der Waals surface area contributed by atoms with E-state index in [0.717, 1.165) is 5.56 Å². The first-order valence-corrected chi connectivity index (χ1v) is 8.93. The molecule has 2 heterocycles. The Morgan fingerprint density at radius 1 is 1.13 bits per heavy atom. The minimum Gasteiger partial charge on any atom is -0.468 e. The molecular formula is C20H16FN7O2. The molecule has 30 heavy (non-hydrogen) atoms. The van der Waals surface area contributed by atoms with Crippen molar-refractivity contribution in [3.8, 4) is 0 Å². The van der Waals surface area contributed by atoms with E-state index >= 15 is 0 Å². The topological polar surface area (TPSA) is 106 Å². The van der Waals surface area contributed by atoms with E-state index in [4.69, 9.17) is 4.74 Å². The number of carbonyl (C=O) groups is 1. The summed E-state index contributed by atoms with van der Waals surface area (Å²) in [7, 11) is 1.75. The van der Waals surface area contributed by atoms with Gasteiger partial charge in [0, 0.05) is 7.05 Å². The Bertz CT molecular complexity index is 1170. The number of benzene rings is 2. The number of azo groups is 1. The van der Waals surface area contributed by atoms with Gasteiger partial charge in [0.2, 0.25) is 11.7 Å². The number of nitrogens with zero attached hydrogens (tertiary/aromatic N) is 6. The zero-order chi connectivity index (χ0) is 20.9. The molecule has 4 rings (SSSR count). The second-order valence-electron chi connectivity index (χ2n) is 6.19. The van der Waals surface area contributed by atoms with Crippen LogP contribution in [-0.4, -0.2) is 26.5 Å². The Labute approximate surface area is 170 Å². The third kappa shape index (κ3) is 3.97. The molecule has 0 fully saturated rings. The monoisotopic (exact) mass is 405 g/mol. The number of halogens is 1. The Morgan fingerprint density at radius 2 is 1.90 bits per heavy atom. The molecule has 0 saturated carbocycles. The van der Waals surface area contributed by atoms with Crippen molar-refractivity contribution < 1.29 is 13.9 Å². The summed E-state index contributed by atoms with van der Waals surface area (Å²) in [5, 5.41) is 16.1. The quantitative estimate of drug-likeness (QED) is 0.636. The lowest BCUT2D eigenvalue weighted by Crippen LogP contribution is -2.20. The van der Waals surface area contributed by atoms with E-state index in [0.29, 0.717) is 11.4 Å². The maximum absolute atomic E-state index is 13.8. The summed E-state index contributed by atoms with van der Waals surface area (Å²) in [6, 6.07) is 14.9. The lowest BCUT2D eigenvalue weighted by Gasteiger charge is -2.08. The van der Waals surface area contributed by atoms with Crippen LogP contribution in [0.25, 0.3) is 5.57 Å². The number of amides is 1. The fraction of sp³-hybridized carbons (Fsp3) is 0.100. The molecule has 0 bridgehead atoms. The largest absolute Gasteiger partial charge is 0.468 e. The van der Waals surface area contributed by atoms with Gasteiger partial charge < -0.3 is 4.74 Å². The third-order valence-electron chi connectivity index (χ3n) is 4.26. The first kappa shape index (κ1) is 19.1. The maximum Gasteiger partial charge on any atom is 0.274 e. The van der Waals surface area contributed by atoms with Gasteiger partial charge in [-0.2, -0.15) is 5.10 Å². The van der Waals surface area contributed by atoms with Crippen LogP contribution in [0.15, 0.2) is 82.1 Å². The number of amidine groups is 1. The van der Waals surface area contributed by atoms with Crippen LogP contribution in [-0.2, 0) is 18.4 Å². The van der Waals surface area contributed by atoms with E-state index in [9.17, 15) is 9.18 Å². The summed E-state index contributed by atoms with van der Waals surface area (Å²) < 4.78 is 21.2. The van der Waals surface area contributed by atoms with Crippen molar-refractivity contribution in [2.45, 2.75) is 6.61 Å². The summed E-state index contributed by atoms with van der Waals surface area (Å²) in [6.07, 6.45) is 1.42. The van der Waals surface area contributed by atoms with Gasteiger partial charge in [-0.25, -0.2) is 14.8 Å². The lowest BCUT2D eigenvalue weighted by molar-refractivity contribution is 0.0951. The third-order valence-corrected chi connectivity index (χ3v) is 4.26. The average Bonchev–Trinajstić information content (AvgIpc) is 3.37. The Morgan fingerprint density at radius 3 is 2.63 bits per heavy atom. The van der Waals surface area contributed by atoms with Gasteiger partial charge in [-0.1, -0.05) is 42.5 Å². The first-order chi connectivity index (χ1) is 14.6. The van der Waals surface area contributed by atoms with Gasteiger partial charge in [-0.15, -0.1) is 15.3 Å². The van der Waals surface area contributed by atoms with Gasteiger partial charge in [-0.3, -0.25) is 9.48 Å². The predicted octanol–water partition coefficient (Wildman–Crippen LogP) is 3.05. The molecule has 1 N–H and O–H groups in total. The van der Waals surface area contributed by atoms with Crippen molar-refractivity contribution in [3.05, 3.63) is 89.6 Å². The van der Waals surface area contributed by atoms with Crippen LogP contribution in [0, 0.1) is 5.82 Å². The molecule has 0 unspecified atom stereocenters. The maximum atomic E-state index is 13.8. The Hall–Kier alpha value is -4.21. The van der Waals surface area contributed by atoms with Crippen molar-refractivity contribution in [2.75, 3.05) is 0 Å². The highest BCUT2D eigenvalue weighted by atomic mass is 19.1. The zero-order valence-corrected chi connectivity index (χ0v) is 15.9. The molecular weight excluding hydrogens is 389 g/mol. The average molecular weight is 405 g/mol. The highest BCUT2D eigenvalue weighted by Crippen LogP contribution is 2.28. The molecule has 0 atom stereocenters. The molecule has 2 aromatic carbocycles. The standard InChI is InChI=1S/C20H16FN7O2/c1-28-16(22-12-23-28)11-30-20-17(13-7-3-2-4-8-13)18(25-27-20)24-26-19(29)14-9-5-6-10-15(14)21/h2-10,12H,11H2,1H3,(H,26,29)/b24-18-. The molecule has 0 saturated heterocycles. The fourth-order valence-electron chi connectivity index (χ4n) is 2.72. The number of carbonyl (C=O) groups excluding carboxylic acids is 1. The molecule has 150 valence electrons. The lowest BCUT2D eigenvalue weighted by atomic mass is 10.1. The van der Waals surface area contributed by atoms with E-state index in [1.165, 1.54) is 24.5 Å². The number of ether oxygens (including phenoxy) is 1. The van der Waals surface area contributed by atoms with Crippen molar-refractivity contribution in [3.63, 3.8) is 0 Å². The minimum atomic E-state index is -0.698. The van der Waals surface area contributed by atoms with E-state index < -0.39 is 11.7 Å². The Balaban J connectivity index is 1.60. The first-order valence-electron chi connectivity index (χ1n) is 8.93. The Kier molecular flexibility index (Phi) is 5.37. The van der Waals surface area contributed by atoms with Gasteiger partial charge in [-0.05, 0) is 17.7 Å². The molecule has 1 amide bonds. The number of hydrogen-bond acceptors (Lipinski definition) is 6. The molecule has 0 aliphatic carbocycles. The summed E-state index contributed by atoms with van der Waals surface area (Å²) in [4.78, 5) is 16.4. The summed E-state index contributed by atoms with van der Waals surface area (Å²) in [6.45, 7) is 0.121. The number of aryl methyl sites for hydroxylation is 1. The summed E-state index contributed by atoms with van der Waals surface area (Å²) in [5.74, 6) is -0.378. The molecule has 1 aliphatic rings. The zero-order valence-electron chi connectivity index (χ0n) is 15.9. The van der Waals surface area contributed by atoms with Gasteiger partial charge in [0.05, 0.1) is 11.1 Å². The number of hydrazone groups is 1. The van der Waals surface area contributed by atoms with Crippen LogP contribution < -0.4 is 5.43 Å². The number of nitrogens with one attached hydrogen (secondary N) is 1. The van der Waals surface area contributed by atoms with Crippen LogP contribution in [0.4, 0.5) is 4.39 Å². The van der Waals surface area contributed by atoms with Crippen molar-refractivity contribution in [2.24, 2.45) is 22.4 Å². The number of aromatic nitrogens is 3. The van der Waals surface area contributed by atoms with Crippen molar-refractivity contribution in [1.82, 2.24) is 20.2 Å². The summed E-state index contributed by atoms with van der Waals surface area (Å²) in [5.41, 5.74) is 3.43. The predicted molar refractivity (Wildman–Crippen MR) is 105 cm³/mol. The molecule has 9 nitrogen and oxygen atoms in total. The van der Waals surface area contributed by atoms with Gasteiger partial charge >= 0.3 is 0 Å². The SMILES string of the molecule is Cn1ncnc1COC1=C(c2ccccc2)/C(=N/NC(=O)c2ccccc2F)N=N1. The van der Waals surface area contributed by atoms with Crippen LogP contribution >= 0.6 is 0 Å². The fourth-order valence-corrected chi connectivity index (χ4v) is 2.72. The van der Waals surface area contributed by atoms with Crippen molar-refractivity contribution >= 4 is 17.3 Å². The molecule has 1 aromatic heterocycles. The minimum absolute atomic E-state index is 0.121. The van der Waals surface area contributed by atoms with Crippen LogP contribution in [0.5, 0.6) is 0 Å². The number of rotatable bonds is 6. The molecule has 0 radical (unpaired) electrons. The molecule has 3 aromatic rings. The van der Waals surface area contributed by atoms with E-state index in [1.54, 1.807) is 17.8 Å². The van der Waals surface area contributed by atoms with Crippen molar-refractivity contribution in [1.29, 1.82) is 0 Å². The normalized spacial score (nSPS) is 14.4. The van der Waals surface area contributed by atoms with Gasteiger partial charge in [0.25, 0.3) is 5.91 Å². The second-order valence-corrected chi connectivity index (χ2v) is 6.19. The van der Waals surface area contributed by atoms with Crippen LogP contribution in [0.2, 0.25) is 0 Å². The van der Waals surface area contributed by atoms with E-state index in [1.807, 2.05) is 30.3 Å². The van der Waals surface area contributed by atoms with E-state index in [2.05, 4.69) is 30.8 Å². The number of hydrogen-bond donors (Lipinski definition) is 1. The van der Waals surface area contributed by atoms with E-state index in [-0.39, 0.29) is 23.9 Å². The van der Waals surface area contributed by atoms with Gasteiger partial charge in [0.15, 0.2) is 5.82 Å². The molecule has 1 aliphatic heterocycles. The smallest absolute Gasteiger partial charge is 0.274 e. The van der Waals surface area contributed by atoms with Gasteiger partial charge in [0.1, 0.15) is 18.8 Å². The molecule has 0 spiro atoms.